The van der Waals surface area contributed by atoms with Gasteiger partial charge < -0.3 is 9.64 Å². The Bertz CT molecular complexity index is 3990. The van der Waals surface area contributed by atoms with Crippen molar-refractivity contribution in [1.29, 1.82) is 0 Å². The Kier molecular flexibility index (Phi) is 10.1. The molecule has 2 nitrogen and oxygen atoms in total. The summed E-state index contributed by atoms with van der Waals surface area (Å²) in [5, 5.41) is 2.30. The van der Waals surface area contributed by atoms with Gasteiger partial charge in [-0.3, -0.25) is 0 Å². The molecule has 0 amide bonds. The Morgan fingerprint density at radius 3 is 1.52 bits per heavy atom. The highest BCUT2D eigenvalue weighted by molar-refractivity contribution is 6.06. The van der Waals surface area contributed by atoms with Gasteiger partial charge in [-0.05, 0) is 156 Å². The molecule has 14 rings (SSSR count). The van der Waals surface area contributed by atoms with Crippen molar-refractivity contribution in [2.75, 3.05) is 4.90 Å². The second-order valence-electron chi connectivity index (χ2n) is 19.2. The fourth-order valence-corrected chi connectivity index (χ4v) is 11.9. The molecule has 0 bridgehead atoms. The first-order chi connectivity index (χ1) is 36.2. The molecule has 0 saturated carbocycles. The monoisotopic (exact) mass is 929 g/mol. The summed E-state index contributed by atoms with van der Waals surface area (Å²) in [6.07, 6.45) is 0. The van der Waals surface area contributed by atoms with Crippen molar-refractivity contribution in [3.63, 3.8) is 0 Å². The van der Waals surface area contributed by atoms with Crippen LogP contribution >= 0.6 is 0 Å². The van der Waals surface area contributed by atoms with Crippen molar-refractivity contribution in [2.24, 2.45) is 0 Å². The zero-order valence-electron chi connectivity index (χ0n) is 40.0. The highest BCUT2D eigenvalue weighted by atomic mass is 16.5. The molecular weight excluding hydrogens is 883 g/mol. The largest absolute Gasteiger partial charge is 0.456 e. The molecule has 0 radical (unpaired) electrons. The van der Waals surface area contributed by atoms with E-state index in [1.807, 2.05) is 6.07 Å². The lowest BCUT2D eigenvalue weighted by atomic mass is 9.67. The van der Waals surface area contributed by atoms with Gasteiger partial charge in [0.15, 0.2) is 0 Å². The van der Waals surface area contributed by atoms with Crippen LogP contribution in [0.5, 0.6) is 11.5 Å². The van der Waals surface area contributed by atoms with Crippen LogP contribution in [-0.2, 0) is 5.41 Å². The molecule has 12 aromatic carbocycles. The smallest absolute Gasteiger partial charge is 0.135 e. The van der Waals surface area contributed by atoms with Crippen molar-refractivity contribution < 1.29 is 4.74 Å². The van der Waals surface area contributed by atoms with Gasteiger partial charge in [0, 0.05) is 28.0 Å². The molecule has 0 atom stereocenters. The SMILES string of the molecule is c1ccc(-c2ccc(-c3ccc(N(c4cccc(-c5cc6c7c(cccc7c5)Oc5ccccc5-6)c4)c4ccc5c(c4)C(c4ccccc4)(c4ccccc4)c4ccccc4-5)cc3)cc2-c2ccccc2)cc1. The molecule has 0 fully saturated rings. The molecule has 0 saturated heterocycles. The third-order valence-corrected chi connectivity index (χ3v) is 15.1. The molecule has 0 N–H and O–H groups in total. The Balaban J connectivity index is 0.951. The van der Waals surface area contributed by atoms with Crippen LogP contribution in [0.15, 0.2) is 285 Å². The van der Waals surface area contributed by atoms with Gasteiger partial charge in [-0.1, -0.05) is 218 Å². The zero-order chi connectivity index (χ0) is 48.3. The molecule has 2 heteroatoms. The third kappa shape index (κ3) is 7.02. The van der Waals surface area contributed by atoms with Gasteiger partial charge in [0.05, 0.1) is 5.41 Å². The quantitative estimate of drug-likeness (QED) is 0.143. The first-order valence-corrected chi connectivity index (χ1v) is 25.1. The van der Waals surface area contributed by atoms with Gasteiger partial charge in [0.2, 0.25) is 0 Å². The lowest BCUT2D eigenvalue weighted by molar-refractivity contribution is 0.487. The molecular formula is C71H47NO. The first-order valence-electron chi connectivity index (χ1n) is 25.1. The summed E-state index contributed by atoms with van der Waals surface area (Å²) in [5.41, 5.74) is 21.9. The van der Waals surface area contributed by atoms with E-state index in [4.69, 9.17) is 4.74 Å². The summed E-state index contributed by atoms with van der Waals surface area (Å²) in [7, 11) is 0. The molecule has 73 heavy (non-hydrogen) atoms. The van der Waals surface area contributed by atoms with Gasteiger partial charge in [-0.2, -0.15) is 0 Å². The molecule has 1 heterocycles. The van der Waals surface area contributed by atoms with Crippen molar-refractivity contribution in [3.8, 4) is 78.3 Å². The normalized spacial score (nSPS) is 12.6. The van der Waals surface area contributed by atoms with Gasteiger partial charge in [-0.15, -0.1) is 0 Å². The average Bonchev–Trinajstić information content (AvgIpc) is 3.77. The predicted molar refractivity (Wildman–Crippen MR) is 303 cm³/mol. The van der Waals surface area contributed by atoms with E-state index in [2.05, 4.69) is 284 Å². The van der Waals surface area contributed by atoms with Gasteiger partial charge in [0.25, 0.3) is 0 Å². The van der Waals surface area contributed by atoms with Crippen molar-refractivity contribution in [1.82, 2.24) is 0 Å². The van der Waals surface area contributed by atoms with Crippen LogP contribution < -0.4 is 9.64 Å². The van der Waals surface area contributed by atoms with Crippen LogP contribution in [0.1, 0.15) is 22.3 Å². The van der Waals surface area contributed by atoms with E-state index in [0.717, 1.165) is 61.6 Å². The number of anilines is 3. The number of hydrogen-bond donors (Lipinski definition) is 0. The lowest BCUT2D eigenvalue weighted by Gasteiger charge is -2.35. The number of rotatable bonds is 9. The minimum absolute atomic E-state index is 0.546. The van der Waals surface area contributed by atoms with Crippen LogP contribution in [0.25, 0.3) is 77.5 Å². The number of ether oxygens (including phenoxy) is 1. The van der Waals surface area contributed by atoms with E-state index in [9.17, 15) is 0 Å². The second kappa shape index (κ2) is 17.4. The van der Waals surface area contributed by atoms with E-state index >= 15 is 0 Å². The Morgan fingerprint density at radius 2 is 0.781 bits per heavy atom. The molecule has 1 aliphatic carbocycles. The summed E-state index contributed by atoms with van der Waals surface area (Å²) >= 11 is 0. The van der Waals surface area contributed by atoms with E-state index in [0.29, 0.717) is 0 Å². The number of para-hydroxylation sites is 1. The molecule has 2 aliphatic rings. The molecule has 0 unspecified atom stereocenters. The van der Waals surface area contributed by atoms with Crippen LogP contribution in [0.2, 0.25) is 0 Å². The maximum atomic E-state index is 6.45. The van der Waals surface area contributed by atoms with Crippen molar-refractivity contribution >= 4 is 27.8 Å². The van der Waals surface area contributed by atoms with Gasteiger partial charge >= 0.3 is 0 Å². The number of hydrogen-bond acceptors (Lipinski definition) is 2. The highest BCUT2D eigenvalue weighted by Crippen LogP contribution is 2.57. The topological polar surface area (TPSA) is 12.5 Å². The second-order valence-corrected chi connectivity index (χ2v) is 19.2. The van der Waals surface area contributed by atoms with Gasteiger partial charge in [0.1, 0.15) is 11.5 Å². The summed E-state index contributed by atoms with van der Waals surface area (Å²) < 4.78 is 6.45. The van der Waals surface area contributed by atoms with Crippen LogP contribution in [0, 0.1) is 0 Å². The summed E-state index contributed by atoms with van der Waals surface area (Å²) in [6, 6.07) is 104. The van der Waals surface area contributed by atoms with E-state index in [1.165, 1.54) is 66.8 Å². The number of fused-ring (bicyclic) bond motifs is 5. The summed E-state index contributed by atoms with van der Waals surface area (Å²) in [4.78, 5) is 2.44. The lowest BCUT2D eigenvalue weighted by Crippen LogP contribution is -2.28. The zero-order valence-corrected chi connectivity index (χ0v) is 40.0. The fraction of sp³-hybridized carbons (Fsp3) is 0.0141. The molecule has 1 aliphatic heterocycles. The average molecular weight is 930 g/mol. The van der Waals surface area contributed by atoms with Crippen LogP contribution in [0.4, 0.5) is 17.1 Å². The van der Waals surface area contributed by atoms with Crippen molar-refractivity contribution in [2.45, 2.75) is 5.41 Å². The van der Waals surface area contributed by atoms with Gasteiger partial charge in [-0.25, -0.2) is 0 Å². The Morgan fingerprint density at radius 1 is 0.260 bits per heavy atom. The molecule has 12 aromatic rings. The Hall–Kier alpha value is -9.50. The van der Waals surface area contributed by atoms with Crippen LogP contribution in [0.3, 0.4) is 0 Å². The summed E-state index contributed by atoms with van der Waals surface area (Å²) in [6.45, 7) is 0. The van der Waals surface area contributed by atoms with Crippen molar-refractivity contribution in [3.05, 3.63) is 307 Å². The molecule has 0 aromatic heterocycles. The highest BCUT2D eigenvalue weighted by Gasteiger charge is 2.46. The minimum atomic E-state index is -0.546. The van der Waals surface area contributed by atoms with Crippen LogP contribution in [-0.4, -0.2) is 0 Å². The maximum absolute atomic E-state index is 6.45. The first kappa shape index (κ1) is 42.4. The Labute approximate surface area is 426 Å². The minimum Gasteiger partial charge on any atom is -0.456 e. The fourth-order valence-electron chi connectivity index (χ4n) is 11.9. The number of nitrogens with zero attached hydrogens (tertiary/aromatic N) is 1. The van der Waals surface area contributed by atoms with E-state index in [1.54, 1.807) is 0 Å². The number of benzene rings is 12. The molecule has 342 valence electrons. The van der Waals surface area contributed by atoms with E-state index < -0.39 is 5.41 Å². The third-order valence-electron chi connectivity index (χ3n) is 15.1. The standard InChI is InChI=1S/C71H47NO/c1-5-19-49(20-6-1)60-41-37-52(45-64(60)50-21-7-2-8-22-50)48-35-38-57(39-36-48)72(58-29-17-23-51(44-58)54-43-53-24-18-34-69-70(53)65(46-54)63-31-14-16-33-68(63)73-69)59-40-42-62-61-30-13-15-32-66(61)71(67(62)47-59,55-25-9-3-10-26-55)56-27-11-4-12-28-56/h1-47H. The molecule has 0 spiro atoms. The summed E-state index contributed by atoms with van der Waals surface area (Å²) in [5.74, 6) is 1.78. The van der Waals surface area contributed by atoms with E-state index in [-0.39, 0.29) is 0 Å². The predicted octanol–water partition coefficient (Wildman–Crippen LogP) is 19.1. The maximum Gasteiger partial charge on any atom is 0.135 e.